The van der Waals surface area contributed by atoms with Crippen molar-refractivity contribution < 1.29 is 18.0 Å². The molecule has 0 spiro atoms. The van der Waals surface area contributed by atoms with Crippen molar-refractivity contribution in [1.82, 2.24) is 10.2 Å². The number of nitrogens with one attached hydrogen (secondary N) is 1. The summed E-state index contributed by atoms with van der Waals surface area (Å²) < 4.78 is 26.6. The van der Waals surface area contributed by atoms with Crippen LogP contribution >= 0.6 is 0 Å². The molecule has 0 unspecified atom stereocenters. The summed E-state index contributed by atoms with van der Waals surface area (Å²) in [5.41, 5.74) is 2.09. The fourth-order valence-corrected chi connectivity index (χ4v) is 5.59. The second kappa shape index (κ2) is 12.2. The van der Waals surface area contributed by atoms with E-state index in [2.05, 4.69) is 5.32 Å². The number of rotatable bonds is 10. The summed E-state index contributed by atoms with van der Waals surface area (Å²) in [6.07, 6.45) is 6.79. The van der Waals surface area contributed by atoms with Gasteiger partial charge in [0, 0.05) is 12.6 Å². The molecule has 1 aliphatic rings. The molecular weight excluding hydrogens is 462 g/mol. The van der Waals surface area contributed by atoms with E-state index in [1.54, 1.807) is 12.1 Å². The third-order valence-electron chi connectivity index (χ3n) is 6.60. The summed E-state index contributed by atoms with van der Waals surface area (Å²) in [4.78, 5) is 28.6. The molecule has 2 amide bonds. The maximum atomic E-state index is 13.7. The van der Waals surface area contributed by atoms with Crippen LogP contribution in [0.4, 0.5) is 5.69 Å². The highest BCUT2D eigenvalue weighted by Crippen LogP contribution is 2.23. The smallest absolute Gasteiger partial charge is 0.244 e. The number of carbonyl (C=O) groups excluding carboxylic acids is 2. The quantitative estimate of drug-likeness (QED) is 0.535. The van der Waals surface area contributed by atoms with Crippen LogP contribution in [0.3, 0.4) is 0 Å². The number of benzene rings is 2. The van der Waals surface area contributed by atoms with E-state index in [-0.39, 0.29) is 25.0 Å². The van der Waals surface area contributed by atoms with E-state index in [0.29, 0.717) is 12.1 Å². The molecule has 1 N–H and O–H groups in total. The van der Waals surface area contributed by atoms with E-state index in [1.807, 2.05) is 56.3 Å². The van der Waals surface area contributed by atoms with Gasteiger partial charge in [0.05, 0.1) is 11.9 Å². The predicted molar refractivity (Wildman–Crippen MR) is 139 cm³/mol. The van der Waals surface area contributed by atoms with Gasteiger partial charge in [0.2, 0.25) is 21.8 Å². The lowest BCUT2D eigenvalue weighted by atomic mass is 9.95. The van der Waals surface area contributed by atoms with E-state index in [0.717, 1.165) is 47.4 Å². The number of carbonyl (C=O) groups is 2. The zero-order valence-corrected chi connectivity index (χ0v) is 21.8. The Morgan fingerprint density at radius 3 is 2.23 bits per heavy atom. The highest BCUT2D eigenvalue weighted by molar-refractivity contribution is 7.92. The van der Waals surface area contributed by atoms with Gasteiger partial charge in [0.25, 0.3) is 0 Å². The van der Waals surface area contributed by atoms with E-state index in [9.17, 15) is 18.0 Å². The molecular formula is C27H37N3O4S. The Balaban J connectivity index is 1.90. The highest BCUT2D eigenvalue weighted by Gasteiger charge is 2.33. The first-order valence-corrected chi connectivity index (χ1v) is 14.2. The third-order valence-corrected chi connectivity index (χ3v) is 7.72. The van der Waals surface area contributed by atoms with Gasteiger partial charge in [-0.15, -0.1) is 0 Å². The van der Waals surface area contributed by atoms with Gasteiger partial charge < -0.3 is 10.2 Å². The number of hydrogen-bond donors (Lipinski definition) is 1. The van der Waals surface area contributed by atoms with Crippen LogP contribution in [0.25, 0.3) is 0 Å². The Hall–Kier alpha value is -2.87. The number of sulfonamides is 1. The van der Waals surface area contributed by atoms with Crippen molar-refractivity contribution in [3.05, 3.63) is 65.7 Å². The first-order chi connectivity index (χ1) is 16.7. The zero-order valence-electron chi connectivity index (χ0n) is 20.9. The molecule has 0 radical (unpaired) electrons. The molecule has 1 atom stereocenters. The Bertz CT molecular complexity index is 1100. The summed E-state index contributed by atoms with van der Waals surface area (Å²) in [6, 6.07) is 16.0. The Morgan fingerprint density at radius 1 is 1.00 bits per heavy atom. The van der Waals surface area contributed by atoms with Gasteiger partial charge in [-0.2, -0.15) is 0 Å². The highest BCUT2D eigenvalue weighted by atomic mass is 32.2. The molecule has 1 fully saturated rings. The molecule has 2 aromatic rings. The number of anilines is 1. The van der Waals surface area contributed by atoms with Crippen molar-refractivity contribution >= 4 is 27.5 Å². The lowest BCUT2D eigenvalue weighted by Crippen LogP contribution is -2.54. The second-order valence-corrected chi connectivity index (χ2v) is 11.2. The number of nitrogens with zero attached hydrogens (tertiary/aromatic N) is 2. The largest absolute Gasteiger partial charge is 0.352 e. The number of aryl methyl sites for hydroxylation is 1. The van der Waals surface area contributed by atoms with Gasteiger partial charge in [-0.1, -0.05) is 74.7 Å². The van der Waals surface area contributed by atoms with Gasteiger partial charge in [-0.05, 0) is 43.4 Å². The summed E-state index contributed by atoms with van der Waals surface area (Å²) in [6.45, 7) is 3.55. The average Bonchev–Trinajstić information content (AvgIpc) is 2.83. The van der Waals surface area contributed by atoms with Crippen LogP contribution in [0.1, 0.15) is 56.6 Å². The van der Waals surface area contributed by atoms with E-state index >= 15 is 0 Å². The van der Waals surface area contributed by atoms with Crippen LogP contribution in [0.15, 0.2) is 54.6 Å². The minimum atomic E-state index is -3.73. The molecule has 0 aromatic heterocycles. The average molecular weight is 500 g/mol. The molecule has 8 heteroatoms. The minimum absolute atomic E-state index is 0.124. The SMILES string of the molecule is CC[C@H](C(=O)NC1CCCCC1)N(Cc1ccccc1)C(=O)CN(c1ccccc1C)S(C)(=O)=O. The summed E-state index contributed by atoms with van der Waals surface area (Å²) >= 11 is 0. The third kappa shape index (κ3) is 7.31. The van der Waals surface area contributed by atoms with Gasteiger partial charge in [0.15, 0.2) is 0 Å². The van der Waals surface area contributed by atoms with Crippen LogP contribution < -0.4 is 9.62 Å². The molecule has 0 aliphatic heterocycles. The van der Waals surface area contributed by atoms with Crippen molar-refractivity contribution in [3.8, 4) is 0 Å². The normalized spacial score (nSPS) is 15.3. The number of para-hydroxylation sites is 1. The van der Waals surface area contributed by atoms with E-state index in [4.69, 9.17) is 0 Å². The first-order valence-electron chi connectivity index (χ1n) is 12.4. The monoisotopic (exact) mass is 499 g/mol. The van der Waals surface area contributed by atoms with Crippen molar-refractivity contribution in [2.45, 2.75) is 71.0 Å². The van der Waals surface area contributed by atoms with Gasteiger partial charge in [-0.3, -0.25) is 13.9 Å². The van der Waals surface area contributed by atoms with Crippen LogP contribution in [-0.4, -0.2) is 50.0 Å². The standard InChI is InChI=1S/C27H37N3O4S/c1-4-24(27(32)28-23-16-9-6-10-17-23)29(19-22-14-7-5-8-15-22)26(31)20-30(35(3,33)34)25-18-12-11-13-21(25)2/h5,7-8,11-15,18,23-24H,4,6,9-10,16-17,19-20H2,1-3H3,(H,28,32)/t24-/m1/s1. The lowest BCUT2D eigenvalue weighted by molar-refractivity contribution is -0.140. The molecule has 2 aromatic carbocycles. The van der Waals surface area contributed by atoms with Crippen LogP contribution in [0.5, 0.6) is 0 Å². The van der Waals surface area contributed by atoms with Crippen molar-refractivity contribution in [1.29, 1.82) is 0 Å². The molecule has 1 saturated carbocycles. The van der Waals surface area contributed by atoms with Gasteiger partial charge >= 0.3 is 0 Å². The molecule has 0 heterocycles. The van der Waals surface area contributed by atoms with Gasteiger partial charge in [-0.25, -0.2) is 8.42 Å². The molecule has 3 rings (SSSR count). The zero-order chi connectivity index (χ0) is 25.4. The first kappa shape index (κ1) is 26.7. The fourth-order valence-electron chi connectivity index (χ4n) is 4.68. The van der Waals surface area contributed by atoms with Gasteiger partial charge in [0.1, 0.15) is 12.6 Å². The Morgan fingerprint density at radius 2 is 1.63 bits per heavy atom. The second-order valence-electron chi connectivity index (χ2n) is 9.33. The lowest BCUT2D eigenvalue weighted by Gasteiger charge is -2.34. The molecule has 0 bridgehead atoms. The summed E-state index contributed by atoms with van der Waals surface area (Å²) in [5.74, 6) is -0.585. The molecule has 0 saturated heterocycles. The van der Waals surface area contributed by atoms with E-state index in [1.165, 1.54) is 11.3 Å². The van der Waals surface area contributed by atoms with Crippen LogP contribution in [0, 0.1) is 6.92 Å². The van der Waals surface area contributed by atoms with Crippen LogP contribution in [-0.2, 0) is 26.2 Å². The van der Waals surface area contributed by atoms with Crippen molar-refractivity contribution in [3.63, 3.8) is 0 Å². The maximum Gasteiger partial charge on any atom is 0.244 e. The molecule has 35 heavy (non-hydrogen) atoms. The van der Waals surface area contributed by atoms with Crippen molar-refractivity contribution in [2.24, 2.45) is 0 Å². The number of amides is 2. The van der Waals surface area contributed by atoms with Crippen LogP contribution in [0.2, 0.25) is 0 Å². The topological polar surface area (TPSA) is 86.8 Å². The van der Waals surface area contributed by atoms with E-state index < -0.39 is 22.0 Å². The molecule has 7 nitrogen and oxygen atoms in total. The fraction of sp³-hybridized carbons (Fsp3) is 0.481. The van der Waals surface area contributed by atoms with Crippen molar-refractivity contribution in [2.75, 3.05) is 17.1 Å². The number of hydrogen-bond acceptors (Lipinski definition) is 4. The Labute approximate surface area is 209 Å². The minimum Gasteiger partial charge on any atom is -0.352 e. The molecule has 190 valence electrons. The predicted octanol–water partition coefficient (Wildman–Crippen LogP) is 4.02. The summed E-state index contributed by atoms with van der Waals surface area (Å²) in [7, 11) is -3.73. The maximum absolute atomic E-state index is 13.7. The summed E-state index contributed by atoms with van der Waals surface area (Å²) in [5, 5.41) is 3.15. The molecule has 1 aliphatic carbocycles. The Kier molecular flexibility index (Phi) is 9.32.